The smallest absolute Gasteiger partial charge is 0.227 e. The van der Waals surface area contributed by atoms with Crippen molar-refractivity contribution in [3.05, 3.63) is 211 Å². The first-order valence-electron chi connectivity index (χ1n) is 22.3. The van der Waals surface area contributed by atoms with Crippen LogP contribution in [0.15, 0.2) is 215 Å². The van der Waals surface area contributed by atoms with Gasteiger partial charge in [-0.15, -0.1) is 0 Å². The number of rotatable bonds is 10. The van der Waals surface area contributed by atoms with Crippen molar-refractivity contribution in [2.24, 2.45) is 4.99 Å². The summed E-state index contributed by atoms with van der Waals surface area (Å²) in [6.07, 6.45) is 5.29. The van der Waals surface area contributed by atoms with Crippen LogP contribution in [0.3, 0.4) is 0 Å². The normalized spacial score (nSPS) is 14.6. The van der Waals surface area contributed by atoms with Gasteiger partial charge in [0.2, 0.25) is 28.7 Å². The number of allylic oxidation sites excluding steroid dienone is 1. The van der Waals surface area contributed by atoms with Gasteiger partial charge >= 0.3 is 0 Å². The predicted octanol–water partition coefficient (Wildman–Crippen LogP) is 11.4. The summed E-state index contributed by atoms with van der Waals surface area (Å²) in [7, 11) is -9.05. The number of fused-ring (bicyclic) bond motifs is 2. The van der Waals surface area contributed by atoms with E-state index in [1.807, 2.05) is 197 Å². The third-order valence-electron chi connectivity index (χ3n) is 12.2. The molecule has 0 radical (unpaired) electrons. The Morgan fingerprint density at radius 1 is 0.586 bits per heavy atom. The number of amides is 1. The topological polar surface area (TPSA) is 165 Å². The van der Waals surface area contributed by atoms with Gasteiger partial charge in [0.05, 0.1) is 32.6 Å². The zero-order valence-corrected chi connectivity index (χ0v) is 41.2. The molecule has 356 valence electrons. The number of carbonyl (C=O) groups is 1. The average molecular weight is 972 g/mol. The number of hydrogen-bond acceptors (Lipinski definition) is 8. The highest BCUT2D eigenvalue weighted by molar-refractivity contribution is 7.86. The molecule has 0 saturated heterocycles. The highest BCUT2D eigenvalue weighted by atomic mass is 32.2. The summed E-state index contributed by atoms with van der Waals surface area (Å²) in [5.74, 6) is -0.141. The van der Waals surface area contributed by atoms with E-state index in [9.17, 15) is 30.7 Å². The fraction of sp³-hybridized carbons (Fsp3) is 0.143. The van der Waals surface area contributed by atoms with Gasteiger partial charge in [-0.2, -0.15) is 9.15 Å². The van der Waals surface area contributed by atoms with E-state index in [-0.39, 0.29) is 21.1 Å². The maximum Gasteiger partial charge on any atom is 0.227 e. The van der Waals surface area contributed by atoms with Crippen molar-refractivity contribution in [1.82, 2.24) is 9.15 Å². The minimum Gasteiger partial charge on any atom is -0.744 e. The van der Waals surface area contributed by atoms with E-state index in [2.05, 4.69) is 14.9 Å². The molecule has 0 aromatic heterocycles. The third-order valence-corrected chi connectivity index (χ3v) is 13.9. The van der Waals surface area contributed by atoms with Gasteiger partial charge in [0, 0.05) is 85.0 Å². The maximum absolute atomic E-state index is 12.4. The number of carbonyl (C=O) groups excluding carboxylic acids is 1. The van der Waals surface area contributed by atoms with Crippen LogP contribution in [0, 0.1) is 0 Å². The van der Waals surface area contributed by atoms with Gasteiger partial charge in [-0.3, -0.25) is 9.69 Å². The first-order chi connectivity index (χ1) is 33.3. The van der Waals surface area contributed by atoms with E-state index in [1.54, 1.807) is 29.6 Å². The number of nitrogens with zero attached hydrogens (tertiary/aromatic N) is 4. The molecule has 7 aromatic carbocycles. The quantitative estimate of drug-likeness (QED) is 0.0612. The van der Waals surface area contributed by atoms with E-state index in [4.69, 9.17) is 0 Å². The highest BCUT2D eigenvalue weighted by Gasteiger charge is 2.46. The molecule has 12 nitrogen and oxygen atoms in total. The molecule has 0 atom stereocenters. The molecule has 70 heavy (non-hydrogen) atoms. The summed E-state index contributed by atoms with van der Waals surface area (Å²) >= 11 is 0. The minimum absolute atomic E-state index is 0.141. The zero-order chi connectivity index (χ0) is 50.3. The van der Waals surface area contributed by atoms with Crippen LogP contribution in [-0.4, -0.2) is 49.6 Å². The molecule has 2 aliphatic heterocycles. The second-order valence-corrected chi connectivity index (χ2v) is 20.2. The van der Waals surface area contributed by atoms with Gasteiger partial charge in [-0.25, -0.2) is 21.8 Å². The van der Waals surface area contributed by atoms with Crippen molar-refractivity contribution in [1.29, 1.82) is 0 Å². The Labute approximate surface area is 410 Å². The Kier molecular flexibility index (Phi) is 15.0. The van der Waals surface area contributed by atoms with Crippen LogP contribution in [-0.2, 0) is 35.9 Å². The number of anilines is 2. The van der Waals surface area contributed by atoms with Crippen molar-refractivity contribution in [3.8, 4) is 0 Å². The van der Waals surface area contributed by atoms with Gasteiger partial charge in [-0.1, -0.05) is 91.0 Å². The second-order valence-electron chi connectivity index (χ2n) is 17.5. The second kappa shape index (κ2) is 20.9. The van der Waals surface area contributed by atoms with Crippen LogP contribution < -0.4 is 19.4 Å². The number of para-hydroxylation sites is 5. The van der Waals surface area contributed by atoms with E-state index < -0.39 is 25.7 Å². The summed E-state index contributed by atoms with van der Waals surface area (Å²) in [5.41, 5.74) is 8.85. The van der Waals surface area contributed by atoms with Gasteiger partial charge in [0.1, 0.15) is 20.2 Å². The molecule has 14 heteroatoms. The summed E-state index contributed by atoms with van der Waals surface area (Å²) < 4.78 is 73.1. The fourth-order valence-electron chi connectivity index (χ4n) is 8.32. The Morgan fingerprint density at radius 2 is 1.01 bits per heavy atom. The van der Waals surface area contributed by atoms with Crippen LogP contribution in [0.4, 0.5) is 39.8 Å². The Balaban J connectivity index is 0.000000168. The molecular weight excluding hydrogens is 919 g/mol. The first-order valence-corrected chi connectivity index (χ1v) is 25.1. The predicted molar refractivity (Wildman–Crippen MR) is 280 cm³/mol. The van der Waals surface area contributed by atoms with Crippen LogP contribution in [0.1, 0.15) is 52.7 Å². The fourth-order valence-corrected chi connectivity index (χ4v) is 9.31. The van der Waals surface area contributed by atoms with Crippen molar-refractivity contribution in [3.63, 3.8) is 0 Å². The number of benzene rings is 7. The zero-order valence-electron chi connectivity index (χ0n) is 39.6. The third kappa shape index (κ3) is 11.3. The van der Waals surface area contributed by atoms with Crippen molar-refractivity contribution < 1.29 is 30.7 Å². The molecule has 2 aliphatic rings. The molecule has 0 bridgehead atoms. The van der Waals surface area contributed by atoms with E-state index in [0.29, 0.717) is 0 Å². The minimum atomic E-state index is -4.60. The average Bonchev–Trinajstić information content (AvgIpc) is 3.70. The summed E-state index contributed by atoms with van der Waals surface area (Å²) in [6.45, 7) is 11.5. The Hall–Kier alpha value is -7.62. The molecule has 1 amide bonds. The van der Waals surface area contributed by atoms with E-state index in [1.165, 1.54) is 31.2 Å². The molecule has 0 aliphatic carbocycles. The largest absolute Gasteiger partial charge is 0.744 e. The lowest BCUT2D eigenvalue weighted by Crippen LogP contribution is -2.29. The summed E-state index contributed by atoms with van der Waals surface area (Å²) in [6, 6.07) is 57.7. The molecule has 1 N–H and O–H groups in total. The Bertz CT molecular complexity index is 3360. The lowest BCUT2D eigenvalue weighted by atomic mass is 9.81. The Morgan fingerprint density at radius 3 is 1.50 bits per heavy atom. The molecule has 0 fully saturated rings. The lowest BCUT2D eigenvalue weighted by Gasteiger charge is -2.19. The highest BCUT2D eigenvalue weighted by Crippen LogP contribution is 2.44. The van der Waals surface area contributed by atoms with Crippen LogP contribution in [0.25, 0.3) is 0 Å². The van der Waals surface area contributed by atoms with Crippen LogP contribution in [0.5, 0.6) is 0 Å². The first kappa shape index (κ1) is 50.3. The van der Waals surface area contributed by atoms with Gasteiger partial charge < -0.3 is 14.4 Å². The van der Waals surface area contributed by atoms with Crippen molar-refractivity contribution >= 4 is 83.7 Å². The standard InChI is InChI=1S/C26H24N2O4S.C17H17NO3S.C13H12N2/c1-19(29)27(20-10-6-4-7-11-20)17-16-25-26(2,3)23-18-22(33(30,31)32)14-15-24(23)28(25)21-12-8-5-9-13-21;1-12-17(2,3)15-11-14(22(19,20)21)9-10-16(15)18(12)13-7-5-4-6-8-13;1-3-7-12(8-4-1)14-11-15-13-9-5-2-6-10-13/h4-18H,1-3H3;4-11H,1-3H3;1-11H,(H,14,15). The number of hydrogen-bond donors (Lipinski definition) is 1. The molecule has 0 saturated carbocycles. The maximum atomic E-state index is 12.4. The van der Waals surface area contributed by atoms with Crippen molar-refractivity contribution in [2.75, 3.05) is 10.2 Å². The van der Waals surface area contributed by atoms with E-state index in [0.717, 1.165) is 62.4 Å². The number of nitrogens with one attached hydrogen (secondary N) is 1. The molecule has 7 aromatic rings. The summed E-state index contributed by atoms with van der Waals surface area (Å²) in [4.78, 5) is 17.8. The number of aliphatic imine (C=N–C) groups is 1. The molecule has 0 spiro atoms. The monoisotopic (exact) mass is 971 g/mol. The van der Waals surface area contributed by atoms with Gasteiger partial charge in [0.15, 0.2) is 11.4 Å². The molecule has 2 heterocycles. The van der Waals surface area contributed by atoms with E-state index >= 15 is 0 Å². The van der Waals surface area contributed by atoms with Crippen LogP contribution >= 0.6 is 0 Å². The molecule has 0 unspecified atom stereocenters. The molecular formula is C56H53N5O7S2. The van der Waals surface area contributed by atoms with Gasteiger partial charge in [-0.05, 0) is 88.4 Å². The van der Waals surface area contributed by atoms with Crippen LogP contribution in [0.2, 0.25) is 0 Å². The summed E-state index contributed by atoms with van der Waals surface area (Å²) in [5, 5.41) is 3.10. The SMILES string of the molecule is C(=Nc1ccccc1)Nc1ccccc1.CC(=O)N(/C=C/C1=[N+](c2ccccc2)c2ccc(S(=O)(=O)[O-])cc2C1(C)C)c1ccccc1.CC1=[N+](c2ccccc2)c2ccc(S(=O)(=O)[O-])cc2C1(C)C. The van der Waals surface area contributed by atoms with Gasteiger partial charge in [0.25, 0.3) is 0 Å². The van der Waals surface area contributed by atoms with Crippen molar-refractivity contribution in [2.45, 2.75) is 62.2 Å². The molecule has 9 rings (SSSR count). The lowest BCUT2D eigenvalue weighted by molar-refractivity contribution is -0.116.